The molecule has 1 aromatic heterocycles. The Balaban J connectivity index is 2.07. The van der Waals surface area contributed by atoms with Crippen LogP contribution in [0.1, 0.15) is 50.5 Å². The van der Waals surface area contributed by atoms with Gasteiger partial charge in [-0.25, -0.2) is 0 Å². The Hall–Kier alpha value is -2.79. The molecular weight excluding hydrogens is 432 g/mol. The number of rotatable bonds is 14. The molecule has 1 saturated carbocycles. The van der Waals surface area contributed by atoms with E-state index in [2.05, 4.69) is 25.6 Å². The van der Waals surface area contributed by atoms with Gasteiger partial charge in [-0.1, -0.05) is 25.9 Å². The second kappa shape index (κ2) is 11.9. The van der Waals surface area contributed by atoms with Crippen molar-refractivity contribution in [3.63, 3.8) is 0 Å². The summed E-state index contributed by atoms with van der Waals surface area (Å²) in [5, 5.41) is 11.4. The van der Waals surface area contributed by atoms with E-state index in [0.29, 0.717) is 6.42 Å². The molecule has 0 saturated heterocycles. The van der Waals surface area contributed by atoms with Gasteiger partial charge in [0.25, 0.3) is 5.91 Å². The normalized spacial score (nSPS) is 17.0. The van der Waals surface area contributed by atoms with Gasteiger partial charge in [0.1, 0.15) is 18.3 Å². The number of ether oxygens (including phenoxy) is 2. The summed E-state index contributed by atoms with van der Waals surface area (Å²) in [5.74, 6) is -1.62. The molecule has 3 atom stereocenters. The van der Waals surface area contributed by atoms with Crippen LogP contribution in [0, 0.1) is 11.3 Å². The molecule has 33 heavy (non-hydrogen) atoms. The smallest absolute Gasteiger partial charge is 0.274 e. The predicted octanol–water partition coefficient (Wildman–Crippen LogP) is 0.451. The van der Waals surface area contributed by atoms with Crippen LogP contribution in [0.5, 0.6) is 0 Å². The van der Waals surface area contributed by atoms with E-state index in [9.17, 15) is 19.2 Å². The van der Waals surface area contributed by atoms with Gasteiger partial charge in [0, 0.05) is 25.7 Å². The highest BCUT2D eigenvalue weighted by atomic mass is 16.5. The summed E-state index contributed by atoms with van der Waals surface area (Å²) in [4.78, 5) is 51.0. The Morgan fingerprint density at radius 3 is 2.00 bits per heavy atom. The van der Waals surface area contributed by atoms with Crippen molar-refractivity contribution in [2.24, 2.45) is 11.3 Å². The van der Waals surface area contributed by atoms with Crippen LogP contribution < -0.4 is 16.0 Å². The zero-order valence-electron chi connectivity index (χ0n) is 19.8. The molecule has 0 unspecified atom stereocenters. The van der Waals surface area contributed by atoms with E-state index >= 15 is 0 Å². The standard InChI is InChI=1S/C22H34N4O7/c1-13(2)10-15(18(27)22(3)7-8-22)23-20(29)16(11-31-4)25-21(30)17(12-32-5)24-19(28)14-6-9-33-26-14/h6,9,13,15-17H,7-8,10-12H2,1-5H3,(H,23,29)(H,24,28)(H,25,30)/t15-,16-,17-/m0/s1. The number of Topliss-reactive ketones (excluding diaryl/α,β-unsaturated/α-hetero) is 1. The molecule has 3 N–H and O–H groups in total. The first-order valence-electron chi connectivity index (χ1n) is 11.0. The maximum Gasteiger partial charge on any atom is 0.274 e. The molecule has 1 aromatic rings. The minimum Gasteiger partial charge on any atom is -0.382 e. The van der Waals surface area contributed by atoms with Gasteiger partial charge in [-0.05, 0) is 25.2 Å². The molecule has 1 aliphatic rings. The number of amides is 3. The Morgan fingerprint density at radius 2 is 1.55 bits per heavy atom. The quantitative estimate of drug-likeness (QED) is 0.358. The van der Waals surface area contributed by atoms with Crippen LogP contribution in [0.3, 0.4) is 0 Å². The number of nitrogens with zero attached hydrogens (tertiary/aromatic N) is 1. The highest BCUT2D eigenvalue weighted by Crippen LogP contribution is 2.47. The number of carbonyl (C=O) groups excluding carboxylic acids is 4. The lowest BCUT2D eigenvalue weighted by molar-refractivity contribution is -0.134. The summed E-state index contributed by atoms with van der Waals surface area (Å²) < 4.78 is 14.8. The second-order valence-electron chi connectivity index (χ2n) is 9.00. The summed E-state index contributed by atoms with van der Waals surface area (Å²) in [6.45, 7) is 5.60. The van der Waals surface area contributed by atoms with Gasteiger partial charge in [-0.3, -0.25) is 19.2 Å². The number of hydrogen-bond donors (Lipinski definition) is 3. The fraction of sp³-hybridized carbons (Fsp3) is 0.682. The molecular formula is C22H34N4O7. The van der Waals surface area contributed by atoms with Crippen molar-refractivity contribution in [1.29, 1.82) is 0 Å². The Labute approximate surface area is 193 Å². The lowest BCUT2D eigenvalue weighted by Crippen LogP contribution is -2.58. The summed E-state index contributed by atoms with van der Waals surface area (Å²) in [7, 11) is 2.77. The number of nitrogens with one attached hydrogen (secondary N) is 3. The van der Waals surface area contributed by atoms with Crippen molar-refractivity contribution in [3.05, 3.63) is 18.0 Å². The van der Waals surface area contributed by atoms with Crippen molar-refractivity contribution in [2.75, 3.05) is 27.4 Å². The van der Waals surface area contributed by atoms with Gasteiger partial charge < -0.3 is 29.9 Å². The third-order valence-electron chi connectivity index (χ3n) is 5.53. The zero-order chi connectivity index (χ0) is 24.6. The molecule has 184 valence electrons. The average molecular weight is 467 g/mol. The molecule has 2 rings (SSSR count). The minimum atomic E-state index is -1.09. The Kier molecular flexibility index (Phi) is 9.54. The van der Waals surface area contributed by atoms with Crippen molar-refractivity contribution >= 4 is 23.5 Å². The number of aromatic nitrogens is 1. The third-order valence-corrected chi connectivity index (χ3v) is 5.53. The first-order valence-corrected chi connectivity index (χ1v) is 11.0. The molecule has 0 aromatic carbocycles. The van der Waals surface area contributed by atoms with E-state index in [1.807, 2.05) is 20.8 Å². The first-order chi connectivity index (χ1) is 15.6. The van der Waals surface area contributed by atoms with Crippen LogP contribution in [0.25, 0.3) is 0 Å². The van der Waals surface area contributed by atoms with E-state index in [0.717, 1.165) is 12.8 Å². The van der Waals surface area contributed by atoms with Crippen LogP contribution in [0.2, 0.25) is 0 Å². The van der Waals surface area contributed by atoms with Gasteiger partial charge in [-0.15, -0.1) is 0 Å². The van der Waals surface area contributed by atoms with Gasteiger partial charge in [0.15, 0.2) is 11.5 Å². The van der Waals surface area contributed by atoms with Crippen molar-refractivity contribution in [3.8, 4) is 0 Å². The zero-order valence-corrected chi connectivity index (χ0v) is 19.8. The number of hydrogen-bond acceptors (Lipinski definition) is 8. The molecule has 11 nitrogen and oxygen atoms in total. The van der Waals surface area contributed by atoms with E-state index in [-0.39, 0.29) is 30.6 Å². The van der Waals surface area contributed by atoms with Crippen LogP contribution in [-0.2, 0) is 23.9 Å². The number of carbonyl (C=O) groups is 4. The molecule has 0 spiro atoms. The second-order valence-corrected chi connectivity index (χ2v) is 9.00. The highest BCUT2D eigenvalue weighted by Gasteiger charge is 2.48. The number of methoxy groups -OCH3 is 2. The molecule has 11 heteroatoms. The average Bonchev–Trinajstić information content (AvgIpc) is 3.27. The van der Waals surface area contributed by atoms with Crippen molar-refractivity contribution in [1.82, 2.24) is 21.1 Å². The van der Waals surface area contributed by atoms with E-state index in [1.54, 1.807) is 0 Å². The lowest BCUT2D eigenvalue weighted by atomic mass is 9.91. The summed E-state index contributed by atoms with van der Waals surface area (Å²) in [6.07, 6.45) is 3.33. The van der Waals surface area contributed by atoms with Crippen LogP contribution in [-0.4, -0.2) is 74.2 Å². The highest BCUT2D eigenvalue weighted by molar-refractivity contribution is 5.98. The van der Waals surface area contributed by atoms with Crippen molar-refractivity contribution < 1.29 is 33.2 Å². The molecule has 0 radical (unpaired) electrons. The molecule has 1 heterocycles. The molecule has 1 fully saturated rings. The third kappa shape index (κ3) is 7.64. The van der Waals surface area contributed by atoms with Crippen LogP contribution in [0.4, 0.5) is 0 Å². The predicted molar refractivity (Wildman–Crippen MR) is 117 cm³/mol. The van der Waals surface area contributed by atoms with Crippen molar-refractivity contribution in [2.45, 2.75) is 58.2 Å². The minimum absolute atomic E-state index is 0.00121. The van der Waals surface area contributed by atoms with E-state index in [1.165, 1.54) is 26.5 Å². The van der Waals surface area contributed by atoms with Crippen LogP contribution >= 0.6 is 0 Å². The summed E-state index contributed by atoms with van der Waals surface area (Å²) in [5.41, 5.74) is -0.402. The monoisotopic (exact) mass is 466 g/mol. The largest absolute Gasteiger partial charge is 0.382 e. The SMILES string of the molecule is COC[C@H](NC(=O)c1ccon1)C(=O)N[C@@H](COC)C(=O)N[C@@H](CC(C)C)C(=O)C1(C)CC1. The first kappa shape index (κ1) is 26.5. The number of ketones is 1. The molecule has 3 amide bonds. The lowest BCUT2D eigenvalue weighted by Gasteiger charge is -2.26. The fourth-order valence-electron chi connectivity index (χ4n) is 3.36. The topological polar surface area (TPSA) is 149 Å². The van der Waals surface area contributed by atoms with Gasteiger partial charge in [0.05, 0.1) is 19.3 Å². The maximum atomic E-state index is 13.0. The Morgan fingerprint density at radius 1 is 1.00 bits per heavy atom. The molecule has 0 bridgehead atoms. The van der Waals surface area contributed by atoms with Crippen LogP contribution in [0.15, 0.2) is 16.9 Å². The summed E-state index contributed by atoms with van der Waals surface area (Å²) >= 11 is 0. The fourth-order valence-corrected chi connectivity index (χ4v) is 3.36. The van der Waals surface area contributed by atoms with E-state index < -0.39 is 41.3 Å². The Bertz CT molecular complexity index is 821. The van der Waals surface area contributed by atoms with Gasteiger partial charge in [-0.2, -0.15) is 0 Å². The maximum absolute atomic E-state index is 13.0. The molecule has 0 aliphatic heterocycles. The summed E-state index contributed by atoms with van der Waals surface area (Å²) in [6, 6.07) is -1.46. The van der Waals surface area contributed by atoms with E-state index in [4.69, 9.17) is 9.47 Å². The van der Waals surface area contributed by atoms with Gasteiger partial charge >= 0.3 is 0 Å². The molecule has 1 aliphatic carbocycles. The van der Waals surface area contributed by atoms with Gasteiger partial charge in [0.2, 0.25) is 11.8 Å².